The summed E-state index contributed by atoms with van der Waals surface area (Å²) in [6, 6.07) is 14.6. The summed E-state index contributed by atoms with van der Waals surface area (Å²) in [6.07, 6.45) is 5.57. The van der Waals surface area contributed by atoms with Gasteiger partial charge in [-0.15, -0.1) is 10.2 Å². The Labute approximate surface area is 208 Å². The maximum atomic E-state index is 12.4. The van der Waals surface area contributed by atoms with Crippen LogP contribution in [0.25, 0.3) is 11.4 Å². The molecule has 9 nitrogen and oxygen atoms in total. The molecule has 2 aromatic carbocycles. The molecular formula is C25H29N5O4S. The van der Waals surface area contributed by atoms with Gasteiger partial charge in [-0.05, 0) is 43.2 Å². The van der Waals surface area contributed by atoms with Crippen molar-refractivity contribution in [1.82, 2.24) is 25.6 Å². The molecule has 1 aliphatic rings. The Morgan fingerprint density at radius 2 is 1.71 bits per heavy atom. The Balaban J connectivity index is 1.49. The minimum absolute atomic E-state index is 0.0891. The van der Waals surface area contributed by atoms with Gasteiger partial charge in [0, 0.05) is 17.2 Å². The first-order chi connectivity index (χ1) is 17.1. The highest BCUT2D eigenvalue weighted by atomic mass is 32.2. The van der Waals surface area contributed by atoms with Crippen molar-refractivity contribution >= 4 is 23.6 Å². The third-order valence-electron chi connectivity index (χ3n) is 5.93. The maximum absolute atomic E-state index is 12.4. The van der Waals surface area contributed by atoms with Crippen molar-refractivity contribution in [3.63, 3.8) is 0 Å². The molecule has 0 spiro atoms. The fourth-order valence-electron chi connectivity index (χ4n) is 4.17. The average molecular weight is 496 g/mol. The summed E-state index contributed by atoms with van der Waals surface area (Å²) in [5.74, 6) is 1.38. The number of nitrogens with zero attached hydrogens (tertiary/aromatic N) is 3. The van der Waals surface area contributed by atoms with Crippen LogP contribution >= 0.6 is 11.8 Å². The average Bonchev–Trinajstić information content (AvgIpc) is 3.35. The quantitative estimate of drug-likeness (QED) is 0.359. The number of carbonyl (C=O) groups excluding carboxylic acids is 2. The lowest BCUT2D eigenvalue weighted by Crippen LogP contribution is -2.42. The van der Waals surface area contributed by atoms with Crippen LogP contribution in [0.15, 0.2) is 53.7 Å². The van der Waals surface area contributed by atoms with Crippen molar-refractivity contribution in [3.8, 4) is 22.9 Å². The summed E-state index contributed by atoms with van der Waals surface area (Å²) >= 11 is 1.30. The molecule has 4 rings (SSSR count). The molecule has 0 bridgehead atoms. The number of carbonyl (C=O) groups is 2. The van der Waals surface area contributed by atoms with Gasteiger partial charge in [-0.3, -0.25) is 25.0 Å². The summed E-state index contributed by atoms with van der Waals surface area (Å²) in [5, 5.41) is 9.57. The molecular weight excluding hydrogens is 466 g/mol. The second kappa shape index (κ2) is 11.7. The summed E-state index contributed by atoms with van der Waals surface area (Å²) in [7, 11) is 3.20. The van der Waals surface area contributed by atoms with Gasteiger partial charge >= 0.3 is 0 Å². The first kappa shape index (κ1) is 24.6. The molecule has 1 aliphatic carbocycles. The zero-order valence-corrected chi connectivity index (χ0v) is 20.6. The van der Waals surface area contributed by atoms with E-state index in [0.717, 1.165) is 37.1 Å². The Hall–Kier alpha value is -3.53. The maximum Gasteiger partial charge on any atom is 0.269 e. The van der Waals surface area contributed by atoms with Gasteiger partial charge in [0.2, 0.25) is 5.91 Å². The molecule has 0 aliphatic heterocycles. The second-order valence-electron chi connectivity index (χ2n) is 8.19. The summed E-state index contributed by atoms with van der Waals surface area (Å²) in [6.45, 7) is 0. The molecule has 2 N–H and O–H groups in total. The molecule has 0 saturated heterocycles. The molecule has 2 amide bonds. The SMILES string of the molecule is COc1ccc(-c2nnc(SCC(=O)NNC(=O)c3ccccc3)n2C2CCCCC2)cc1OC. The fourth-order valence-corrected chi connectivity index (χ4v) is 4.98. The number of aromatic nitrogens is 3. The number of nitrogens with one attached hydrogen (secondary N) is 2. The van der Waals surface area contributed by atoms with Gasteiger partial charge in [0.05, 0.1) is 20.0 Å². The Morgan fingerprint density at radius 1 is 0.971 bits per heavy atom. The van der Waals surface area contributed by atoms with E-state index in [1.54, 1.807) is 38.5 Å². The third kappa shape index (κ3) is 5.94. The van der Waals surface area contributed by atoms with Crippen LogP contribution in [0, 0.1) is 0 Å². The van der Waals surface area contributed by atoms with Gasteiger partial charge in [0.15, 0.2) is 22.5 Å². The highest BCUT2D eigenvalue weighted by Gasteiger charge is 2.25. The highest BCUT2D eigenvalue weighted by molar-refractivity contribution is 7.99. The van der Waals surface area contributed by atoms with Crippen molar-refractivity contribution in [2.45, 2.75) is 43.3 Å². The minimum atomic E-state index is -0.370. The first-order valence-electron chi connectivity index (χ1n) is 11.5. The lowest BCUT2D eigenvalue weighted by atomic mass is 9.95. The predicted octanol–water partition coefficient (Wildman–Crippen LogP) is 4.02. The molecule has 0 atom stereocenters. The van der Waals surface area contributed by atoms with Crippen molar-refractivity contribution in [2.75, 3.05) is 20.0 Å². The van der Waals surface area contributed by atoms with Crippen molar-refractivity contribution in [2.24, 2.45) is 0 Å². The zero-order chi connectivity index (χ0) is 24.6. The summed E-state index contributed by atoms with van der Waals surface area (Å²) < 4.78 is 13.0. The van der Waals surface area contributed by atoms with Crippen molar-refractivity contribution in [3.05, 3.63) is 54.1 Å². The van der Waals surface area contributed by atoms with Crippen LogP contribution in [-0.2, 0) is 4.79 Å². The Kier molecular flexibility index (Phi) is 8.25. The number of rotatable bonds is 8. The van der Waals surface area contributed by atoms with Crippen LogP contribution in [0.4, 0.5) is 0 Å². The summed E-state index contributed by atoms with van der Waals surface area (Å²) in [4.78, 5) is 24.6. The topological polar surface area (TPSA) is 107 Å². The smallest absolute Gasteiger partial charge is 0.269 e. The molecule has 3 aromatic rings. The van der Waals surface area contributed by atoms with Gasteiger partial charge in [0.1, 0.15) is 0 Å². The van der Waals surface area contributed by atoms with E-state index in [9.17, 15) is 9.59 Å². The van der Waals surface area contributed by atoms with Gasteiger partial charge in [-0.25, -0.2) is 0 Å². The molecule has 1 fully saturated rings. The molecule has 10 heteroatoms. The fraction of sp³-hybridized carbons (Fsp3) is 0.360. The number of hydrogen-bond acceptors (Lipinski definition) is 7. The van der Waals surface area contributed by atoms with Crippen LogP contribution in [0.2, 0.25) is 0 Å². The largest absolute Gasteiger partial charge is 0.493 e. The van der Waals surface area contributed by atoms with Crippen LogP contribution in [0.3, 0.4) is 0 Å². The standard InChI is InChI=1S/C25H29N5O4S/c1-33-20-14-13-18(15-21(20)34-2)23-27-29-25(30(23)19-11-7-4-8-12-19)35-16-22(31)26-28-24(32)17-9-5-3-6-10-17/h3,5-6,9-10,13-15,19H,4,7-8,11-12,16H2,1-2H3,(H,26,31)(H,28,32). The van der Waals surface area contributed by atoms with Crippen LogP contribution in [0.5, 0.6) is 11.5 Å². The molecule has 0 unspecified atom stereocenters. The molecule has 0 radical (unpaired) electrons. The number of benzene rings is 2. The third-order valence-corrected chi connectivity index (χ3v) is 6.87. The highest BCUT2D eigenvalue weighted by Crippen LogP contribution is 2.38. The Morgan fingerprint density at radius 3 is 2.43 bits per heavy atom. The van der Waals surface area contributed by atoms with Crippen LogP contribution in [-0.4, -0.2) is 46.6 Å². The number of ether oxygens (including phenoxy) is 2. The minimum Gasteiger partial charge on any atom is -0.493 e. The predicted molar refractivity (Wildman–Crippen MR) is 133 cm³/mol. The molecule has 35 heavy (non-hydrogen) atoms. The number of hydrogen-bond donors (Lipinski definition) is 2. The zero-order valence-electron chi connectivity index (χ0n) is 19.8. The summed E-state index contributed by atoms with van der Waals surface area (Å²) in [5.41, 5.74) is 6.25. The second-order valence-corrected chi connectivity index (χ2v) is 9.14. The van der Waals surface area contributed by atoms with Gasteiger partial charge in [-0.1, -0.05) is 49.2 Å². The molecule has 1 saturated carbocycles. The molecule has 1 aromatic heterocycles. The molecule has 1 heterocycles. The van der Waals surface area contributed by atoms with Crippen LogP contribution < -0.4 is 20.3 Å². The lowest BCUT2D eigenvalue weighted by Gasteiger charge is -2.25. The number of hydrazine groups is 1. The van der Waals surface area contributed by atoms with E-state index < -0.39 is 0 Å². The van der Waals surface area contributed by atoms with E-state index in [2.05, 4.69) is 25.6 Å². The first-order valence-corrected chi connectivity index (χ1v) is 12.5. The van der Waals surface area contributed by atoms with Gasteiger partial charge in [-0.2, -0.15) is 0 Å². The Bertz CT molecular complexity index is 1160. The lowest BCUT2D eigenvalue weighted by molar-refractivity contribution is -0.119. The van der Waals surface area contributed by atoms with Gasteiger partial charge < -0.3 is 9.47 Å². The van der Waals surface area contributed by atoms with E-state index >= 15 is 0 Å². The number of thioether (sulfide) groups is 1. The van der Waals surface area contributed by atoms with E-state index in [0.29, 0.717) is 22.2 Å². The van der Waals surface area contributed by atoms with Crippen molar-refractivity contribution in [1.29, 1.82) is 0 Å². The normalized spacial score (nSPS) is 13.8. The monoisotopic (exact) mass is 495 g/mol. The van der Waals surface area contributed by atoms with Crippen LogP contribution in [0.1, 0.15) is 48.5 Å². The van der Waals surface area contributed by atoms with Gasteiger partial charge in [0.25, 0.3) is 5.91 Å². The number of methoxy groups -OCH3 is 2. The van der Waals surface area contributed by atoms with Crippen molar-refractivity contribution < 1.29 is 19.1 Å². The van der Waals surface area contributed by atoms with E-state index in [4.69, 9.17) is 9.47 Å². The molecule has 184 valence electrons. The van der Waals surface area contributed by atoms with E-state index in [-0.39, 0.29) is 23.6 Å². The van der Waals surface area contributed by atoms with E-state index in [1.165, 1.54) is 18.2 Å². The van der Waals surface area contributed by atoms with E-state index in [1.807, 2.05) is 24.3 Å². The number of amides is 2.